The third-order valence-corrected chi connectivity index (χ3v) is 13.8. The molecule has 0 atom stereocenters. The molecule has 0 aliphatic rings. The zero-order valence-corrected chi connectivity index (χ0v) is 27.3. The van der Waals surface area contributed by atoms with Gasteiger partial charge in [-0.15, -0.1) is 0 Å². The maximum absolute atomic E-state index is 2.35. The number of unbranched alkanes of at least 4 members (excludes halogenated alkanes) is 23. The van der Waals surface area contributed by atoms with Gasteiger partial charge in [-0.25, -0.2) is 0 Å². The topological polar surface area (TPSA) is 0 Å². The van der Waals surface area contributed by atoms with E-state index in [1.54, 1.807) is 50.3 Å². The lowest BCUT2D eigenvalue weighted by Crippen LogP contribution is -2.13. The maximum Gasteiger partial charge on any atom is 0.0594 e. The summed E-state index contributed by atoms with van der Waals surface area (Å²) < 4.78 is 0. The molecule has 0 radical (unpaired) electrons. The first-order chi connectivity index (χ1) is 17.7. The van der Waals surface area contributed by atoms with Crippen molar-refractivity contribution in [2.45, 2.75) is 201 Å². The molecule has 0 nitrogen and oxygen atoms in total. The Morgan fingerprint density at radius 3 is 0.583 bits per heavy atom. The van der Waals surface area contributed by atoms with E-state index in [1.807, 2.05) is 0 Å². The Morgan fingerprint density at radius 1 is 0.222 bits per heavy atom. The summed E-state index contributed by atoms with van der Waals surface area (Å²) in [5, 5.41) is 0. The summed E-state index contributed by atoms with van der Waals surface area (Å²) in [4.78, 5) is 0. The van der Waals surface area contributed by atoms with Crippen molar-refractivity contribution in [3.63, 3.8) is 0 Å². The Labute approximate surface area is 232 Å². The molecule has 0 aromatic rings. The van der Waals surface area contributed by atoms with Crippen LogP contribution in [0.3, 0.4) is 0 Å². The molecule has 0 saturated carbocycles. The molecule has 0 unspecified atom stereocenters. The van der Waals surface area contributed by atoms with Crippen LogP contribution in [0.2, 0.25) is 0 Å². The van der Waals surface area contributed by atoms with Crippen LogP contribution < -0.4 is 0 Å². The standard InChI is InChI=1S/C35H74P/c1-5-9-13-17-21-22-23-27-31-35-36(32-28-24-18-14-10-6-2,33-29-25-19-15-11-7-3)34-30-26-20-16-12-8-4/h5-35H2,1-4H3/q+1. The third kappa shape index (κ3) is 24.7. The van der Waals surface area contributed by atoms with Crippen LogP contribution in [0, 0.1) is 0 Å². The van der Waals surface area contributed by atoms with Crippen molar-refractivity contribution in [1.82, 2.24) is 0 Å². The van der Waals surface area contributed by atoms with E-state index in [-0.39, 0.29) is 0 Å². The van der Waals surface area contributed by atoms with Crippen molar-refractivity contribution in [3.05, 3.63) is 0 Å². The first kappa shape index (κ1) is 36.4. The van der Waals surface area contributed by atoms with Crippen molar-refractivity contribution < 1.29 is 0 Å². The molecule has 0 heterocycles. The quantitative estimate of drug-likeness (QED) is 0.0623. The molecule has 0 fully saturated rings. The van der Waals surface area contributed by atoms with Gasteiger partial charge < -0.3 is 0 Å². The van der Waals surface area contributed by atoms with E-state index in [0.29, 0.717) is 0 Å². The highest BCUT2D eigenvalue weighted by Crippen LogP contribution is 2.61. The fourth-order valence-electron chi connectivity index (χ4n) is 6.11. The average Bonchev–Trinajstić information content (AvgIpc) is 2.89. The SMILES string of the molecule is CCCCCCCCCCC[P+](CCCCCCCC)(CCCCCCCC)CCCCCCCC. The summed E-state index contributed by atoms with van der Waals surface area (Å²) in [7, 11) is -0.733. The van der Waals surface area contributed by atoms with Gasteiger partial charge in [-0.1, -0.05) is 150 Å². The lowest BCUT2D eigenvalue weighted by molar-refractivity contribution is 0.572. The molecule has 0 aromatic carbocycles. The lowest BCUT2D eigenvalue weighted by Gasteiger charge is -2.28. The van der Waals surface area contributed by atoms with Crippen LogP contribution in [0.5, 0.6) is 0 Å². The molecule has 0 spiro atoms. The molecular weight excluding hydrogens is 451 g/mol. The number of rotatable bonds is 31. The Balaban J connectivity index is 4.72. The van der Waals surface area contributed by atoms with Gasteiger partial charge in [0.1, 0.15) is 0 Å². The molecule has 0 saturated heterocycles. The van der Waals surface area contributed by atoms with Gasteiger partial charge in [0.2, 0.25) is 0 Å². The Bertz CT molecular complexity index is 349. The van der Waals surface area contributed by atoms with Gasteiger partial charge in [0.25, 0.3) is 0 Å². The van der Waals surface area contributed by atoms with Crippen molar-refractivity contribution >= 4 is 7.26 Å². The second-order valence-electron chi connectivity index (χ2n) is 12.4. The summed E-state index contributed by atoms with van der Waals surface area (Å²) in [6.07, 6.45) is 46.7. The van der Waals surface area contributed by atoms with Gasteiger partial charge in [0, 0.05) is 7.26 Å². The fraction of sp³-hybridized carbons (Fsp3) is 1.00. The first-order valence-corrected chi connectivity index (χ1v) is 20.1. The van der Waals surface area contributed by atoms with Crippen LogP contribution in [0.1, 0.15) is 201 Å². The van der Waals surface area contributed by atoms with Crippen LogP contribution in [-0.2, 0) is 0 Å². The second-order valence-corrected chi connectivity index (χ2v) is 16.8. The van der Waals surface area contributed by atoms with E-state index in [2.05, 4.69) is 27.7 Å². The molecular formula is C35H74P+. The molecule has 218 valence electrons. The predicted octanol–water partition coefficient (Wildman–Crippen LogP) is 13.6. The molecule has 0 N–H and O–H groups in total. The summed E-state index contributed by atoms with van der Waals surface area (Å²) in [6, 6.07) is 0. The molecule has 0 aromatic heterocycles. The van der Waals surface area contributed by atoms with Crippen LogP contribution in [-0.4, -0.2) is 24.6 Å². The molecule has 0 rings (SSSR count). The van der Waals surface area contributed by atoms with Crippen molar-refractivity contribution in [3.8, 4) is 0 Å². The predicted molar refractivity (Wildman–Crippen MR) is 174 cm³/mol. The van der Waals surface area contributed by atoms with E-state index in [1.165, 1.54) is 148 Å². The van der Waals surface area contributed by atoms with Gasteiger partial charge in [-0.2, -0.15) is 0 Å². The van der Waals surface area contributed by atoms with E-state index < -0.39 is 7.26 Å². The van der Waals surface area contributed by atoms with Crippen LogP contribution in [0.15, 0.2) is 0 Å². The average molecular weight is 526 g/mol. The van der Waals surface area contributed by atoms with Gasteiger partial charge in [-0.3, -0.25) is 0 Å². The first-order valence-electron chi connectivity index (χ1n) is 17.6. The molecule has 0 bridgehead atoms. The Morgan fingerprint density at radius 2 is 0.389 bits per heavy atom. The smallest absolute Gasteiger partial charge is 0.0594 e. The second kappa shape index (κ2) is 30.0. The van der Waals surface area contributed by atoms with E-state index in [4.69, 9.17) is 0 Å². The summed E-state index contributed by atoms with van der Waals surface area (Å²) in [6.45, 7) is 9.38. The Kier molecular flexibility index (Phi) is 30.3. The monoisotopic (exact) mass is 526 g/mol. The van der Waals surface area contributed by atoms with Crippen LogP contribution in [0.4, 0.5) is 0 Å². The van der Waals surface area contributed by atoms with Gasteiger partial charge in [-0.05, 0) is 51.4 Å². The van der Waals surface area contributed by atoms with Gasteiger partial charge in [0.15, 0.2) is 0 Å². The maximum atomic E-state index is 2.35. The van der Waals surface area contributed by atoms with Crippen molar-refractivity contribution in [2.75, 3.05) is 24.6 Å². The summed E-state index contributed by atoms with van der Waals surface area (Å²) >= 11 is 0. The molecule has 36 heavy (non-hydrogen) atoms. The normalized spacial score (nSPS) is 12.0. The van der Waals surface area contributed by atoms with Crippen LogP contribution in [0.25, 0.3) is 0 Å². The summed E-state index contributed by atoms with van der Waals surface area (Å²) in [5.74, 6) is 0. The van der Waals surface area contributed by atoms with Crippen molar-refractivity contribution in [1.29, 1.82) is 0 Å². The minimum absolute atomic E-state index is 0.733. The minimum Gasteiger partial charge on any atom is -0.0654 e. The highest BCUT2D eigenvalue weighted by atomic mass is 31.2. The third-order valence-electron chi connectivity index (χ3n) is 8.69. The van der Waals surface area contributed by atoms with E-state index in [9.17, 15) is 0 Å². The lowest BCUT2D eigenvalue weighted by atomic mass is 10.1. The molecule has 0 amide bonds. The van der Waals surface area contributed by atoms with E-state index >= 15 is 0 Å². The highest BCUT2D eigenvalue weighted by molar-refractivity contribution is 7.75. The molecule has 0 aliphatic carbocycles. The largest absolute Gasteiger partial charge is 0.0654 e. The number of hydrogen-bond donors (Lipinski definition) is 0. The minimum atomic E-state index is -0.733. The van der Waals surface area contributed by atoms with Gasteiger partial charge in [0.05, 0.1) is 24.6 Å². The zero-order valence-electron chi connectivity index (χ0n) is 26.4. The molecule has 0 aliphatic heterocycles. The molecule has 1 heteroatoms. The zero-order chi connectivity index (χ0) is 26.4. The number of hydrogen-bond acceptors (Lipinski definition) is 0. The van der Waals surface area contributed by atoms with Gasteiger partial charge >= 0.3 is 0 Å². The fourth-order valence-corrected chi connectivity index (χ4v) is 11.0. The van der Waals surface area contributed by atoms with E-state index in [0.717, 1.165) is 0 Å². The van der Waals surface area contributed by atoms with Crippen LogP contribution >= 0.6 is 7.26 Å². The Hall–Kier alpha value is 0.430. The highest BCUT2D eigenvalue weighted by Gasteiger charge is 2.34. The summed E-state index contributed by atoms with van der Waals surface area (Å²) in [5.41, 5.74) is 0. The van der Waals surface area contributed by atoms with Crippen molar-refractivity contribution in [2.24, 2.45) is 0 Å².